The van der Waals surface area contributed by atoms with E-state index in [2.05, 4.69) is 20.8 Å². The molecule has 0 aromatic heterocycles. The first-order valence-electron chi connectivity index (χ1n) is 13.5. The van der Waals surface area contributed by atoms with Crippen molar-refractivity contribution < 1.29 is 4.55 Å². The molecule has 0 heterocycles. The van der Waals surface area contributed by atoms with Crippen LogP contribution in [0.1, 0.15) is 142 Å². The molecule has 0 aliphatic rings. The van der Waals surface area contributed by atoms with Crippen LogP contribution in [0.25, 0.3) is 0 Å². The first-order valence-corrected chi connectivity index (χ1v) is 16.0. The summed E-state index contributed by atoms with van der Waals surface area (Å²) in [5.74, 6) is 2.88. The van der Waals surface area contributed by atoms with Gasteiger partial charge in [-0.05, 0) is 31.9 Å². The van der Waals surface area contributed by atoms with E-state index >= 15 is 0 Å². The number of unbranched alkanes of at least 4 members (excludes halogenated alkanes) is 18. The maximum Gasteiger partial charge on any atom is 0.117 e. The van der Waals surface area contributed by atoms with Gasteiger partial charge in [0.15, 0.2) is 0 Å². The van der Waals surface area contributed by atoms with Crippen molar-refractivity contribution in [3.8, 4) is 0 Å². The quantitative estimate of drug-likeness (QED) is 0.100. The smallest absolute Gasteiger partial charge is 0.117 e. The maximum absolute atomic E-state index is 12.2. The topological polar surface area (TPSA) is 23.1 Å². The van der Waals surface area contributed by atoms with E-state index in [1.165, 1.54) is 128 Å². The number of hydrogen-bond donors (Lipinski definition) is 0. The second-order valence-corrected chi connectivity index (χ2v) is 12.2. The summed E-state index contributed by atoms with van der Waals surface area (Å²) in [7, 11) is 0. The third kappa shape index (κ3) is 24.9. The molecule has 0 amide bonds. The third-order valence-electron chi connectivity index (χ3n) is 5.95. The van der Waals surface area contributed by atoms with Crippen molar-refractivity contribution in [3.63, 3.8) is 0 Å². The highest BCUT2D eigenvalue weighted by Gasteiger charge is 2.12. The van der Waals surface area contributed by atoms with Gasteiger partial charge in [0.25, 0.3) is 0 Å². The lowest BCUT2D eigenvalue weighted by molar-refractivity contribution is 0.557. The van der Waals surface area contributed by atoms with E-state index < -0.39 is 11.2 Å². The molecule has 0 aliphatic heterocycles. The Balaban J connectivity index is 3.29. The summed E-state index contributed by atoms with van der Waals surface area (Å²) in [6.07, 6.45) is 27.4. The predicted octanol–water partition coefficient (Wildman–Crippen LogP) is 9.51. The summed E-state index contributed by atoms with van der Waals surface area (Å²) in [6, 6.07) is 0. The lowest BCUT2D eigenvalue weighted by atomic mass is 10.1. The SMILES string of the molecule is [CH2]C(C[S+]([O-])CCCCCCCCCCCC)SCCCCCCCCCCCC. The highest BCUT2D eigenvalue weighted by molar-refractivity contribution is 8.01. The highest BCUT2D eigenvalue weighted by atomic mass is 32.2. The second kappa shape index (κ2) is 25.9. The van der Waals surface area contributed by atoms with Gasteiger partial charge < -0.3 is 4.55 Å². The molecule has 0 fully saturated rings. The minimum absolute atomic E-state index is 0.313. The van der Waals surface area contributed by atoms with Gasteiger partial charge in [-0.25, -0.2) is 0 Å². The molecular weight excluding hydrogens is 404 g/mol. The van der Waals surface area contributed by atoms with E-state index in [1.54, 1.807) is 0 Å². The van der Waals surface area contributed by atoms with E-state index in [1.807, 2.05) is 11.8 Å². The zero-order valence-corrected chi connectivity index (χ0v) is 22.4. The van der Waals surface area contributed by atoms with Gasteiger partial charge in [0.05, 0.1) is 0 Å². The van der Waals surface area contributed by atoms with Gasteiger partial charge >= 0.3 is 0 Å². The van der Waals surface area contributed by atoms with Crippen LogP contribution in [-0.2, 0) is 11.2 Å². The van der Waals surface area contributed by atoms with Crippen LogP contribution in [0.3, 0.4) is 0 Å². The monoisotopic (exact) mass is 459 g/mol. The lowest BCUT2D eigenvalue weighted by Gasteiger charge is -2.15. The van der Waals surface area contributed by atoms with Gasteiger partial charge in [-0.3, -0.25) is 0 Å². The molecule has 0 saturated carbocycles. The van der Waals surface area contributed by atoms with Crippen molar-refractivity contribution in [1.29, 1.82) is 0 Å². The largest absolute Gasteiger partial charge is 0.616 e. The first-order chi connectivity index (χ1) is 14.7. The van der Waals surface area contributed by atoms with Crippen LogP contribution >= 0.6 is 11.8 Å². The van der Waals surface area contributed by atoms with Crippen molar-refractivity contribution in [2.45, 2.75) is 148 Å². The molecule has 1 nitrogen and oxygen atoms in total. The standard InChI is InChI=1S/C27H55OS2/c1-4-6-8-10-12-14-16-18-20-22-24-29-27(3)26-30(28)25-23-21-19-17-15-13-11-9-7-5-2/h27H,3-26H2,1-2H3. The fraction of sp³-hybridized carbons (Fsp3) is 0.963. The fourth-order valence-electron chi connectivity index (χ4n) is 3.93. The molecule has 1 radical (unpaired) electrons. The second-order valence-electron chi connectivity index (χ2n) is 9.17. The van der Waals surface area contributed by atoms with Crippen molar-refractivity contribution in [1.82, 2.24) is 0 Å². The molecule has 2 unspecified atom stereocenters. The van der Waals surface area contributed by atoms with Gasteiger partial charge in [0, 0.05) is 5.25 Å². The molecule has 181 valence electrons. The molecule has 0 saturated heterocycles. The van der Waals surface area contributed by atoms with Gasteiger partial charge in [0.2, 0.25) is 0 Å². The summed E-state index contributed by atoms with van der Waals surface area (Å²) in [4.78, 5) is 0. The van der Waals surface area contributed by atoms with Crippen molar-refractivity contribution >= 4 is 22.9 Å². The zero-order valence-electron chi connectivity index (χ0n) is 20.8. The zero-order chi connectivity index (χ0) is 22.1. The van der Waals surface area contributed by atoms with E-state index in [9.17, 15) is 4.55 Å². The first kappa shape index (κ1) is 30.7. The highest BCUT2D eigenvalue weighted by Crippen LogP contribution is 2.18. The molecule has 30 heavy (non-hydrogen) atoms. The number of hydrogen-bond acceptors (Lipinski definition) is 2. The van der Waals surface area contributed by atoms with Crippen LogP contribution < -0.4 is 0 Å². The Morgan fingerprint density at radius 2 is 0.967 bits per heavy atom. The van der Waals surface area contributed by atoms with Crippen molar-refractivity contribution in [2.24, 2.45) is 0 Å². The van der Waals surface area contributed by atoms with E-state index in [-0.39, 0.29) is 0 Å². The molecule has 3 heteroatoms. The maximum atomic E-state index is 12.2. The van der Waals surface area contributed by atoms with Crippen molar-refractivity contribution in [2.75, 3.05) is 17.3 Å². The van der Waals surface area contributed by atoms with Crippen LogP contribution in [0.5, 0.6) is 0 Å². The van der Waals surface area contributed by atoms with Crippen LogP contribution in [0.2, 0.25) is 0 Å². The molecule has 0 aliphatic carbocycles. The third-order valence-corrected chi connectivity index (χ3v) is 8.84. The summed E-state index contributed by atoms with van der Waals surface area (Å²) >= 11 is 1.27. The summed E-state index contributed by atoms with van der Waals surface area (Å²) in [5.41, 5.74) is 0. The Bertz CT molecular complexity index is 311. The minimum atomic E-state index is -0.661. The van der Waals surface area contributed by atoms with Crippen LogP contribution in [0, 0.1) is 6.92 Å². The molecule has 0 bridgehead atoms. The molecule has 0 spiro atoms. The normalized spacial score (nSPS) is 13.6. The Morgan fingerprint density at radius 3 is 1.40 bits per heavy atom. The summed E-state index contributed by atoms with van der Waals surface area (Å²) in [5, 5.41) is 0.313. The van der Waals surface area contributed by atoms with E-state index in [0.717, 1.165) is 17.9 Å². The Kier molecular flexibility index (Phi) is 26.5. The number of thioether (sulfide) groups is 1. The van der Waals surface area contributed by atoms with E-state index in [0.29, 0.717) is 5.25 Å². The molecule has 0 aromatic carbocycles. The lowest BCUT2D eigenvalue weighted by Crippen LogP contribution is -2.19. The van der Waals surface area contributed by atoms with Gasteiger partial charge in [-0.2, -0.15) is 11.8 Å². The predicted molar refractivity (Wildman–Crippen MR) is 143 cm³/mol. The molecule has 0 N–H and O–H groups in total. The average Bonchev–Trinajstić information content (AvgIpc) is 2.73. The minimum Gasteiger partial charge on any atom is -0.616 e. The number of rotatable bonds is 25. The average molecular weight is 460 g/mol. The Hall–Kier alpha value is 0.660. The van der Waals surface area contributed by atoms with Gasteiger partial charge in [0.1, 0.15) is 11.5 Å². The molecule has 0 rings (SSSR count). The van der Waals surface area contributed by atoms with Crippen LogP contribution in [-0.4, -0.2) is 27.1 Å². The summed E-state index contributed by atoms with van der Waals surface area (Å²) in [6.45, 7) is 8.79. The fourth-order valence-corrected chi connectivity index (χ4v) is 6.58. The van der Waals surface area contributed by atoms with Gasteiger partial charge in [-0.15, -0.1) is 0 Å². The Labute approximate surface area is 198 Å². The molecular formula is C27H55OS2. The van der Waals surface area contributed by atoms with E-state index in [4.69, 9.17) is 0 Å². The Morgan fingerprint density at radius 1 is 0.600 bits per heavy atom. The van der Waals surface area contributed by atoms with Crippen LogP contribution in [0.4, 0.5) is 0 Å². The molecule has 0 aromatic rings. The van der Waals surface area contributed by atoms with Crippen molar-refractivity contribution in [3.05, 3.63) is 6.92 Å². The molecule has 2 atom stereocenters. The van der Waals surface area contributed by atoms with Gasteiger partial charge in [-0.1, -0.05) is 134 Å². The van der Waals surface area contributed by atoms with Crippen LogP contribution in [0.15, 0.2) is 0 Å². The summed E-state index contributed by atoms with van der Waals surface area (Å²) < 4.78 is 12.2.